The molecule has 0 saturated carbocycles. The Morgan fingerprint density at radius 1 is 1.12 bits per heavy atom. The van der Waals surface area contributed by atoms with E-state index in [9.17, 15) is 9.59 Å². The highest BCUT2D eigenvalue weighted by atomic mass is 16.5. The van der Waals surface area contributed by atoms with Gasteiger partial charge in [0.15, 0.2) is 0 Å². The maximum Gasteiger partial charge on any atom is 0.246 e. The molecule has 0 aliphatic carbocycles. The maximum atomic E-state index is 12.3. The minimum absolute atomic E-state index is 0.0367. The molecule has 2 amide bonds. The molecule has 136 valence electrons. The van der Waals surface area contributed by atoms with Crippen LogP contribution in [-0.2, 0) is 9.59 Å². The van der Waals surface area contributed by atoms with Gasteiger partial charge in [0.1, 0.15) is 23.3 Å². The van der Waals surface area contributed by atoms with Gasteiger partial charge in [-0.25, -0.2) is 0 Å². The van der Waals surface area contributed by atoms with Crippen LogP contribution in [0.2, 0.25) is 0 Å². The van der Waals surface area contributed by atoms with E-state index in [1.807, 2.05) is 18.2 Å². The fraction of sp³-hybridized carbons (Fsp3) is 0.300. The zero-order chi connectivity index (χ0) is 18.5. The van der Waals surface area contributed by atoms with Crippen molar-refractivity contribution in [1.29, 1.82) is 0 Å². The molecule has 1 aliphatic heterocycles. The van der Waals surface area contributed by atoms with Crippen molar-refractivity contribution in [2.45, 2.75) is 25.8 Å². The number of hydrogen-bond donors (Lipinski definition) is 1. The summed E-state index contributed by atoms with van der Waals surface area (Å²) < 4.78 is 11.0. The van der Waals surface area contributed by atoms with Gasteiger partial charge in [0, 0.05) is 24.7 Å². The third kappa shape index (κ3) is 4.14. The number of rotatable bonds is 6. The van der Waals surface area contributed by atoms with Gasteiger partial charge in [-0.3, -0.25) is 9.59 Å². The third-order valence-electron chi connectivity index (χ3n) is 4.36. The lowest BCUT2D eigenvalue weighted by Gasteiger charge is -2.23. The predicted molar refractivity (Wildman–Crippen MR) is 98.5 cm³/mol. The van der Waals surface area contributed by atoms with Gasteiger partial charge in [-0.2, -0.15) is 0 Å². The highest BCUT2D eigenvalue weighted by molar-refractivity contribution is 5.97. The summed E-state index contributed by atoms with van der Waals surface area (Å²) in [6, 6.07) is 14.0. The smallest absolute Gasteiger partial charge is 0.246 e. The van der Waals surface area contributed by atoms with E-state index in [4.69, 9.17) is 9.47 Å². The summed E-state index contributed by atoms with van der Waals surface area (Å²) in [4.78, 5) is 25.7. The number of hydrogen-bond acceptors (Lipinski definition) is 4. The van der Waals surface area contributed by atoms with Crippen molar-refractivity contribution in [2.75, 3.05) is 19.0 Å². The summed E-state index contributed by atoms with van der Waals surface area (Å²) in [7, 11) is 1.60. The minimum atomic E-state index is -0.474. The van der Waals surface area contributed by atoms with Crippen molar-refractivity contribution in [3.8, 4) is 17.2 Å². The van der Waals surface area contributed by atoms with Crippen LogP contribution in [0.3, 0.4) is 0 Å². The van der Waals surface area contributed by atoms with Crippen molar-refractivity contribution in [3.63, 3.8) is 0 Å². The van der Waals surface area contributed by atoms with Crippen LogP contribution in [0, 0.1) is 0 Å². The summed E-state index contributed by atoms with van der Waals surface area (Å²) in [5.74, 6) is 1.88. The molecule has 26 heavy (non-hydrogen) atoms. The molecule has 1 saturated heterocycles. The standard InChI is InChI=1S/C20H22N2O4/c1-14(22-12-4-7-19(22)23)20(24)21-15-8-10-16(11-9-15)26-18-6-3-5-17(13-18)25-2/h3,5-6,8-11,13-14H,4,7,12H2,1-2H3,(H,21,24). The second-order valence-corrected chi connectivity index (χ2v) is 6.16. The molecule has 1 fully saturated rings. The Balaban J connectivity index is 1.60. The second kappa shape index (κ2) is 7.91. The number of methoxy groups -OCH3 is 1. The van der Waals surface area contributed by atoms with E-state index in [-0.39, 0.29) is 11.8 Å². The normalized spacial score (nSPS) is 14.8. The zero-order valence-electron chi connectivity index (χ0n) is 14.9. The van der Waals surface area contributed by atoms with E-state index < -0.39 is 6.04 Å². The maximum absolute atomic E-state index is 12.3. The number of carbonyl (C=O) groups excluding carboxylic acids is 2. The number of ether oxygens (including phenoxy) is 2. The average Bonchev–Trinajstić information content (AvgIpc) is 3.08. The van der Waals surface area contributed by atoms with E-state index in [2.05, 4.69) is 5.32 Å². The fourth-order valence-corrected chi connectivity index (χ4v) is 2.87. The highest BCUT2D eigenvalue weighted by Crippen LogP contribution is 2.26. The first-order chi connectivity index (χ1) is 12.6. The van der Waals surface area contributed by atoms with Gasteiger partial charge >= 0.3 is 0 Å². The Bertz CT molecular complexity index is 789. The number of nitrogens with zero attached hydrogens (tertiary/aromatic N) is 1. The molecule has 6 nitrogen and oxygen atoms in total. The van der Waals surface area contributed by atoms with Crippen molar-refractivity contribution < 1.29 is 19.1 Å². The molecule has 1 unspecified atom stereocenters. The number of benzene rings is 2. The highest BCUT2D eigenvalue weighted by Gasteiger charge is 2.29. The van der Waals surface area contributed by atoms with Crippen molar-refractivity contribution in [1.82, 2.24) is 4.90 Å². The molecule has 1 N–H and O–H groups in total. The Labute approximate surface area is 152 Å². The zero-order valence-corrected chi connectivity index (χ0v) is 14.9. The van der Waals surface area contributed by atoms with Gasteiger partial charge in [-0.05, 0) is 49.7 Å². The molecular weight excluding hydrogens is 332 g/mol. The molecule has 0 radical (unpaired) electrons. The lowest BCUT2D eigenvalue weighted by molar-refractivity contribution is -0.134. The van der Waals surface area contributed by atoms with Crippen LogP contribution < -0.4 is 14.8 Å². The van der Waals surface area contributed by atoms with Crippen LogP contribution >= 0.6 is 0 Å². The summed E-state index contributed by atoms with van der Waals surface area (Å²) in [5, 5.41) is 2.84. The Morgan fingerprint density at radius 2 is 1.85 bits per heavy atom. The number of carbonyl (C=O) groups is 2. The van der Waals surface area contributed by atoms with Gasteiger partial charge in [0.05, 0.1) is 7.11 Å². The van der Waals surface area contributed by atoms with E-state index in [0.29, 0.717) is 30.2 Å². The van der Waals surface area contributed by atoms with Crippen LogP contribution in [0.25, 0.3) is 0 Å². The van der Waals surface area contributed by atoms with E-state index in [1.54, 1.807) is 49.3 Å². The van der Waals surface area contributed by atoms with Gasteiger partial charge in [0.2, 0.25) is 11.8 Å². The van der Waals surface area contributed by atoms with Crippen LogP contribution in [0.15, 0.2) is 48.5 Å². The minimum Gasteiger partial charge on any atom is -0.497 e. The van der Waals surface area contributed by atoms with Gasteiger partial charge in [-0.1, -0.05) is 6.07 Å². The largest absolute Gasteiger partial charge is 0.497 e. The quantitative estimate of drug-likeness (QED) is 0.863. The number of nitrogens with one attached hydrogen (secondary N) is 1. The fourth-order valence-electron chi connectivity index (χ4n) is 2.87. The third-order valence-corrected chi connectivity index (χ3v) is 4.36. The summed E-state index contributed by atoms with van der Waals surface area (Å²) >= 11 is 0. The SMILES string of the molecule is COc1cccc(Oc2ccc(NC(=O)C(C)N3CCCC3=O)cc2)c1. The van der Waals surface area contributed by atoms with Crippen molar-refractivity contribution in [3.05, 3.63) is 48.5 Å². The summed E-state index contributed by atoms with van der Waals surface area (Å²) in [6.45, 7) is 2.39. The Morgan fingerprint density at radius 3 is 2.50 bits per heavy atom. The first kappa shape index (κ1) is 17.8. The van der Waals surface area contributed by atoms with Gasteiger partial charge < -0.3 is 19.7 Å². The molecule has 0 aromatic heterocycles. The molecule has 0 bridgehead atoms. The van der Waals surface area contributed by atoms with Crippen LogP contribution in [-0.4, -0.2) is 36.4 Å². The summed E-state index contributed by atoms with van der Waals surface area (Å²) in [5.41, 5.74) is 0.659. The van der Waals surface area contributed by atoms with Crippen LogP contribution in [0.1, 0.15) is 19.8 Å². The van der Waals surface area contributed by atoms with Crippen LogP contribution in [0.4, 0.5) is 5.69 Å². The number of likely N-dealkylation sites (tertiary alicyclic amines) is 1. The van der Waals surface area contributed by atoms with E-state index in [0.717, 1.165) is 12.2 Å². The van der Waals surface area contributed by atoms with E-state index in [1.165, 1.54) is 0 Å². The summed E-state index contributed by atoms with van der Waals surface area (Å²) in [6.07, 6.45) is 1.33. The Hall–Kier alpha value is -3.02. The molecule has 6 heteroatoms. The number of amides is 2. The molecule has 1 heterocycles. The monoisotopic (exact) mass is 354 g/mol. The topological polar surface area (TPSA) is 67.9 Å². The lowest BCUT2D eigenvalue weighted by atomic mass is 10.2. The Kier molecular flexibility index (Phi) is 5.41. The molecule has 0 spiro atoms. The molecule has 3 rings (SSSR count). The molecule has 2 aromatic rings. The van der Waals surface area contributed by atoms with Crippen molar-refractivity contribution >= 4 is 17.5 Å². The van der Waals surface area contributed by atoms with E-state index >= 15 is 0 Å². The van der Waals surface area contributed by atoms with Gasteiger partial charge in [0.25, 0.3) is 0 Å². The molecule has 1 aliphatic rings. The second-order valence-electron chi connectivity index (χ2n) is 6.16. The van der Waals surface area contributed by atoms with Gasteiger partial charge in [-0.15, -0.1) is 0 Å². The average molecular weight is 354 g/mol. The molecular formula is C20H22N2O4. The lowest BCUT2D eigenvalue weighted by Crippen LogP contribution is -2.42. The molecule has 2 aromatic carbocycles. The first-order valence-corrected chi connectivity index (χ1v) is 8.59. The number of anilines is 1. The van der Waals surface area contributed by atoms with Crippen molar-refractivity contribution in [2.24, 2.45) is 0 Å². The van der Waals surface area contributed by atoms with Crippen LogP contribution in [0.5, 0.6) is 17.2 Å². The predicted octanol–water partition coefficient (Wildman–Crippen LogP) is 3.44. The molecule has 1 atom stereocenters. The first-order valence-electron chi connectivity index (χ1n) is 8.59.